The van der Waals surface area contributed by atoms with Crippen molar-refractivity contribution in [1.82, 2.24) is 9.97 Å². The first-order chi connectivity index (χ1) is 5.52. The molecule has 1 rings (SSSR count). The van der Waals surface area contributed by atoms with Crippen LogP contribution in [0.3, 0.4) is 0 Å². The van der Waals surface area contributed by atoms with Gasteiger partial charge in [0.05, 0.1) is 5.69 Å². The predicted molar refractivity (Wildman–Crippen MR) is 48.7 cm³/mol. The van der Waals surface area contributed by atoms with Crippen LogP contribution in [0.25, 0.3) is 0 Å². The van der Waals surface area contributed by atoms with E-state index >= 15 is 0 Å². The smallest absolute Gasteiger partial charge is 0.269 e. The number of H-pyrrole nitrogens is 1. The molecule has 3 nitrogen and oxygen atoms in total. The van der Waals surface area contributed by atoms with Crippen LogP contribution in [-0.2, 0) is 0 Å². The molecule has 1 aromatic heterocycles. The van der Waals surface area contributed by atoms with Crippen LogP contribution in [0.2, 0.25) is 5.02 Å². The molecule has 1 N–H and O–H groups in total. The minimum Gasteiger partial charge on any atom is -0.309 e. The van der Waals surface area contributed by atoms with E-state index in [4.69, 9.17) is 11.6 Å². The molecule has 0 radical (unpaired) electrons. The third-order valence-electron chi connectivity index (χ3n) is 1.59. The summed E-state index contributed by atoms with van der Waals surface area (Å²) in [7, 11) is 0. The predicted octanol–water partition coefficient (Wildman–Crippen LogP) is 1.86. The Morgan fingerprint density at radius 3 is 2.50 bits per heavy atom. The third kappa shape index (κ3) is 1.67. The van der Waals surface area contributed by atoms with E-state index in [0.717, 1.165) is 0 Å². The maximum Gasteiger partial charge on any atom is 0.269 e. The summed E-state index contributed by atoms with van der Waals surface area (Å²) in [6.07, 6.45) is 0. The molecule has 66 valence electrons. The first kappa shape index (κ1) is 9.26. The molecule has 0 saturated heterocycles. The normalized spacial score (nSPS) is 10.8. The highest BCUT2D eigenvalue weighted by Gasteiger charge is 2.07. The molecule has 4 heteroatoms. The summed E-state index contributed by atoms with van der Waals surface area (Å²) in [6.45, 7) is 5.65. The zero-order chi connectivity index (χ0) is 9.30. The summed E-state index contributed by atoms with van der Waals surface area (Å²) in [5.41, 5.74) is 0.331. The molecule has 0 fully saturated rings. The van der Waals surface area contributed by atoms with Gasteiger partial charge in [0.25, 0.3) is 5.56 Å². The Morgan fingerprint density at radius 2 is 2.08 bits per heavy atom. The van der Waals surface area contributed by atoms with Gasteiger partial charge in [-0.3, -0.25) is 4.79 Å². The Labute approximate surface area is 75.8 Å². The highest BCUT2D eigenvalue weighted by atomic mass is 35.5. The fraction of sp³-hybridized carbons (Fsp3) is 0.500. The summed E-state index contributed by atoms with van der Waals surface area (Å²) in [5.74, 6) is 0.899. The number of hydrogen-bond acceptors (Lipinski definition) is 2. The van der Waals surface area contributed by atoms with E-state index in [1.165, 1.54) is 0 Å². The van der Waals surface area contributed by atoms with Crippen LogP contribution in [0.5, 0.6) is 0 Å². The maximum atomic E-state index is 11.1. The Hall–Kier alpha value is -0.830. The van der Waals surface area contributed by atoms with Gasteiger partial charge in [-0.2, -0.15) is 0 Å². The van der Waals surface area contributed by atoms with Crippen molar-refractivity contribution >= 4 is 11.6 Å². The summed E-state index contributed by atoms with van der Waals surface area (Å²) in [6, 6.07) is 0. The third-order valence-corrected chi connectivity index (χ3v) is 2.04. The highest BCUT2D eigenvalue weighted by Crippen LogP contribution is 2.10. The monoisotopic (exact) mass is 186 g/mol. The van der Waals surface area contributed by atoms with Crippen molar-refractivity contribution in [3.63, 3.8) is 0 Å². The number of aromatic nitrogens is 2. The summed E-state index contributed by atoms with van der Waals surface area (Å²) >= 11 is 5.65. The molecule has 1 heterocycles. The van der Waals surface area contributed by atoms with Crippen LogP contribution >= 0.6 is 11.6 Å². The summed E-state index contributed by atoms with van der Waals surface area (Å²) in [4.78, 5) is 17.9. The molecular weight excluding hydrogens is 176 g/mol. The second-order valence-corrected chi connectivity index (χ2v) is 3.38. The van der Waals surface area contributed by atoms with E-state index in [9.17, 15) is 4.79 Å². The fourth-order valence-electron chi connectivity index (χ4n) is 0.867. The van der Waals surface area contributed by atoms with E-state index in [-0.39, 0.29) is 16.5 Å². The Kier molecular flexibility index (Phi) is 2.52. The van der Waals surface area contributed by atoms with Gasteiger partial charge in [0.2, 0.25) is 0 Å². The van der Waals surface area contributed by atoms with Crippen LogP contribution in [0, 0.1) is 6.92 Å². The van der Waals surface area contributed by atoms with Crippen LogP contribution in [0.15, 0.2) is 4.79 Å². The van der Waals surface area contributed by atoms with Gasteiger partial charge in [-0.1, -0.05) is 25.4 Å². The Bertz CT molecular complexity index is 343. The van der Waals surface area contributed by atoms with Gasteiger partial charge in [0.1, 0.15) is 10.8 Å². The van der Waals surface area contributed by atoms with Gasteiger partial charge < -0.3 is 4.98 Å². The molecule has 0 bridgehead atoms. The molecular formula is C8H11ClN2O. The van der Waals surface area contributed by atoms with Gasteiger partial charge in [-0.05, 0) is 6.92 Å². The molecule has 0 aliphatic carbocycles. The minimum atomic E-state index is -0.257. The first-order valence-corrected chi connectivity index (χ1v) is 4.16. The van der Waals surface area contributed by atoms with Crippen molar-refractivity contribution < 1.29 is 0 Å². The Balaban J connectivity index is 3.31. The van der Waals surface area contributed by atoms with E-state index in [1.54, 1.807) is 6.92 Å². The number of nitrogens with one attached hydrogen (secondary N) is 1. The summed E-state index contributed by atoms with van der Waals surface area (Å²) in [5, 5.41) is 0.180. The lowest BCUT2D eigenvalue weighted by atomic mass is 10.2. The van der Waals surface area contributed by atoms with Crippen molar-refractivity contribution in [2.45, 2.75) is 26.7 Å². The number of hydrogen-bond donors (Lipinski definition) is 1. The first-order valence-electron chi connectivity index (χ1n) is 3.78. The van der Waals surface area contributed by atoms with E-state index in [2.05, 4.69) is 9.97 Å². The van der Waals surface area contributed by atoms with Crippen LogP contribution in [0.4, 0.5) is 0 Å². The molecule has 0 aliphatic heterocycles. The van der Waals surface area contributed by atoms with E-state index in [0.29, 0.717) is 11.5 Å². The zero-order valence-corrected chi connectivity index (χ0v) is 8.07. The largest absolute Gasteiger partial charge is 0.309 e. The molecule has 0 spiro atoms. The van der Waals surface area contributed by atoms with Crippen molar-refractivity contribution in [2.24, 2.45) is 0 Å². The average Bonchev–Trinajstić information content (AvgIpc) is 1.99. The lowest BCUT2D eigenvalue weighted by Gasteiger charge is -2.04. The van der Waals surface area contributed by atoms with Crippen LogP contribution in [0.1, 0.15) is 31.3 Å². The van der Waals surface area contributed by atoms with Crippen molar-refractivity contribution in [3.8, 4) is 0 Å². The van der Waals surface area contributed by atoms with Gasteiger partial charge in [-0.25, -0.2) is 4.98 Å². The van der Waals surface area contributed by atoms with Crippen LogP contribution in [-0.4, -0.2) is 9.97 Å². The number of halogens is 1. The Morgan fingerprint density at radius 1 is 1.50 bits per heavy atom. The van der Waals surface area contributed by atoms with Crippen molar-refractivity contribution in [2.75, 3.05) is 0 Å². The number of rotatable bonds is 1. The lowest BCUT2D eigenvalue weighted by Crippen LogP contribution is -2.14. The number of aromatic amines is 1. The topological polar surface area (TPSA) is 45.8 Å². The maximum absolute atomic E-state index is 11.1. The van der Waals surface area contributed by atoms with Crippen LogP contribution < -0.4 is 5.56 Å². The zero-order valence-electron chi connectivity index (χ0n) is 7.31. The molecule has 1 aromatic rings. The minimum absolute atomic E-state index is 0.180. The standard InChI is InChI=1S/C8H11ClN2O/c1-4(2)7-10-5(3)6(9)8(12)11-7/h4H,1-3H3,(H,10,11,12). The highest BCUT2D eigenvalue weighted by molar-refractivity contribution is 6.30. The second kappa shape index (κ2) is 3.27. The van der Waals surface area contributed by atoms with Crippen molar-refractivity contribution in [1.29, 1.82) is 0 Å². The molecule has 12 heavy (non-hydrogen) atoms. The van der Waals surface area contributed by atoms with Crippen molar-refractivity contribution in [3.05, 3.63) is 26.9 Å². The average molecular weight is 187 g/mol. The molecule has 0 aromatic carbocycles. The molecule has 0 unspecified atom stereocenters. The lowest BCUT2D eigenvalue weighted by molar-refractivity contribution is 0.758. The van der Waals surface area contributed by atoms with E-state index in [1.807, 2.05) is 13.8 Å². The summed E-state index contributed by atoms with van der Waals surface area (Å²) < 4.78 is 0. The van der Waals surface area contributed by atoms with Gasteiger partial charge >= 0.3 is 0 Å². The van der Waals surface area contributed by atoms with Gasteiger partial charge in [0.15, 0.2) is 0 Å². The molecule has 0 saturated carbocycles. The van der Waals surface area contributed by atoms with E-state index < -0.39 is 0 Å². The molecule has 0 amide bonds. The second-order valence-electron chi connectivity index (χ2n) is 3.01. The number of nitrogens with zero attached hydrogens (tertiary/aromatic N) is 1. The van der Waals surface area contributed by atoms with Gasteiger partial charge in [0, 0.05) is 5.92 Å². The fourth-order valence-corrected chi connectivity index (χ4v) is 0.956. The SMILES string of the molecule is Cc1nc(C(C)C)[nH]c(=O)c1Cl. The quantitative estimate of drug-likeness (QED) is 0.728. The number of aryl methyl sites for hydroxylation is 1. The van der Waals surface area contributed by atoms with Gasteiger partial charge in [-0.15, -0.1) is 0 Å². The molecule has 0 aliphatic rings. The molecule has 0 atom stereocenters.